The number of ether oxygens (including phenoxy) is 3. The smallest absolute Gasteiger partial charge is 0.437 e. The molecule has 4 N–H and O–H groups in total. The zero-order valence-electron chi connectivity index (χ0n) is 23.3. The fourth-order valence-electron chi connectivity index (χ4n) is 3.56. The van der Waals surface area contributed by atoms with Gasteiger partial charge >= 0.3 is 18.2 Å². The van der Waals surface area contributed by atoms with E-state index < -0.39 is 47.5 Å². The van der Waals surface area contributed by atoms with E-state index in [0.717, 1.165) is 0 Å². The lowest BCUT2D eigenvalue weighted by molar-refractivity contribution is -0.133. The van der Waals surface area contributed by atoms with Crippen molar-refractivity contribution in [1.29, 1.82) is 0 Å². The fourth-order valence-corrected chi connectivity index (χ4v) is 3.56. The molecule has 1 aliphatic rings. The molecule has 3 amide bonds. The molecule has 0 spiro atoms. The van der Waals surface area contributed by atoms with Gasteiger partial charge in [-0.15, -0.1) is 4.99 Å². The summed E-state index contributed by atoms with van der Waals surface area (Å²) in [7, 11) is 0. The first kappa shape index (κ1) is 31.9. The Hall–Kier alpha value is -3.15. The molecule has 0 radical (unpaired) electrons. The lowest BCUT2D eigenvalue weighted by Crippen LogP contribution is -2.61. The van der Waals surface area contributed by atoms with E-state index in [4.69, 9.17) is 14.2 Å². The number of rotatable bonds is 7. The van der Waals surface area contributed by atoms with Crippen LogP contribution in [0, 0.1) is 0 Å². The Bertz CT molecular complexity index is 897. The summed E-state index contributed by atoms with van der Waals surface area (Å²) in [6.07, 6.45) is -0.0849. The monoisotopic (exact) mass is 526 g/mol. The normalized spacial score (nSPS) is 20.5. The fraction of sp³-hybridized carbons (Fsp3) is 0.720. The van der Waals surface area contributed by atoms with Crippen LogP contribution in [0.25, 0.3) is 0 Å². The van der Waals surface area contributed by atoms with Gasteiger partial charge < -0.3 is 30.0 Å². The number of carboxylic acid groups (broad SMARTS) is 1. The first-order valence-electron chi connectivity index (χ1n) is 12.4. The van der Waals surface area contributed by atoms with Crippen LogP contribution in [0.2, 0.25) is 0 Å². The molecule has 37 heavy (non-hydrogen) atoms. The minimum Gasteiger partial charge on any atom is -0.478 e. The van der Waals surface area contributed by atoms with Crippen molar-refractivity contribution in [1.82, 2.24) is 16.0 Å². The molecule has 0 aromatic heterocycles. The molecule has 12 nitrogen and oxygen atoms in total. The molecule has 12 heteroatoms. The van der Waals surface area contributed by atoms with E-state index in [9.17, 15) is 24.3 Å². The highest BCUT2D eigenvalue weighted by molar-refractivity contribution is 5.99. The largest absolute Gasteiger partial charge is 0.478 e. The number of hydrogen-bond donors (Lipinski definition) is 4. The van der Waals surface area contributed by atoms with Crippen LogP contribution < -0.4 is 16.0 Å². The average Bonchev–Trinajstić information content (AvgIpc) is 2.70. The Morgan fingerprint density at radius 1 is 1.03 bits per heavy atom. The quantitative estimate of drug-likeness (QED) is 0.288. The molecule has 0 saturated carbocycles. The van der Waals surface area contributed by atoms with Crippen molar-refractivity contribution < 1.29 is 38.5 Å². The third-order valence-corrected chi connectivity index (χ3v) is 5.04. The molecule has 0 bridgehead atoms. The molecule has 0 aromatic rings. The van der Waals surface area contributed by atoms with Gasteiger partial charge in [-0.3, -0.25) is 10.1 Å². The first-order valence-corrected chi connectivity index (χ1v) is 12.4. The highest BCUT2D eigenvalue weighted by Gasteiger charge is 2.38. The molecular formula is C25H42N4O8. The van der Waals surface area contributed by atoms with E-state index in [2.05, 4.69) is 20.9 Å². The summed E-state index contributed by atoms with van der Waals surface area (Å²) in [5, 5.41) is 17.8. The Kier molecular flexibility index (Phi) is 11.6. The van der Waals surface area contributed by atoms with Crippen molar-refractivity contribution in [2.45, 2.75) is 117 Å². The number of aliphatic carboxylic acids is 1. The summed E-state index contributed by atoms with van der Waals surface area (Å²) in [5.74, 6) is -1.85. The van der Waals surface area contributed by atoms with Gasteiger partial charge in [-0.05, 0) is 60.5 Å². The van der Waals surface area contributed by atoms with Crippen molar-refractivity contribution in [2.75, 3.05) is 0 Å². The standard InChI is InChI=1S/C25H42N4O8/c1-10-16(11-2)35-18-13-15(20(31)32)12-17(19(18)26-14(3)30)27-21(28-22(33)36-24(4,5)6)29-23(34)37-25(7,8)9/h13,16-19H,10-12H2,1-9H3,(H,26,30)(H,31,32)(H2,27,28,29,33,34)/t17-,18+,19+/m0/s1. The number of aliphatic imine (C=N–C) groups is 1. The van der Waals surface area contributed by atoms with E-state index in [1.807, 2.05) is 13.8 Å². The van der Waals surface area contributed by atoms with Crippen LogP contribution >= 0.6 is 0 Å². The number of carboxylic acids is 1. The van der Waals surface area contributed by atoms with Gasteiger partial charge in [0.1, 0.15) is 11.2 Å². The van der Waals surface area contributed by atoms with Gasteiger partial charge in [-0.2, -0.15) is 0 Å². The second-order valence-corrected chi connectivity index (χ2v) is 10.8. The Morgan fingerprint density at radius 2 is 1.59 bits per heavy atom. The summed E-state index contributed by atoms with van der Waals surface area (Å²) >= 11 is 0. The maximum Gasteiger partial charge on any atom is 0.437 e. The zero-order valence-corrected chi connectivity index (χ0v) is 23.3. The molecule has 0 aliphatic heterocycles. The number of carbonyl (C=O) groups is 4. The van der Waals surface area contributed by atoms with Crippen LogP contribution in [0.15, 0.2) is 16.6 Å². The molecule has 0 fully saturated rings. The van der Waals surface area contributed by atoms with Crippen molar-refractivity contribution in [3.05, 3.63) is 11.6 Å². The van der Waals surface area contributed by atoms with Crippen molar-refractivity contribution in [3.63, 3.8) is 0 Å². The van der Waals surface area contributed by atoms with Crippen molar-refractivity contribution >= 4 is 30.0 Å². The highest BCUT2D eigenvalue weighted by Crippen LogP contribution is 2.25. The molecule has 1 rings (SSSR count). The first-order chi connectivity index (χ1) is 16.9. The number of guanidine groups is 1. The van der Waals surface area contributed by atoms with Gasteiger partial charge in [0.15, 0.2) is 0 Å². The number of nitrogens with one attached hydrogen (secondary N) is 3. The van der Waals surface area contributed by atoms with Crippen LogP contribution in [-0.2, 0) is 23.8 Å². The molecular weight excluding hydrogens is 484 g/mol. The lowest BCUT2D eigenvalue weighted by atomic mass is 9.87. The van der Waals surface area contributed by atoms with E-state index in [1.165, 1.54) is 13.0 Å². The van der Waals surface area contributed by atoms with Gasteiger partial charge in [-0.1, -0.05) is 13.8 Å². The summed E-state index contributed by atoms with van der Waals surface area (Å²) in [5.41, 5.74) is -1.64. The summed E-state index contributed by atoms with van der Waals surface area (Å²) in [6.45, 7) is 15.2. The van der Waals surface area contributed by atoms with Crippen LogP contribution in [-0.4, -0.2) is 70.6 Å². The minimum atomic E-state index is -1.16. The zero-order chi connectivity index (χ0) is 28.6. The van der Waals surface area contributed by atoms with Crippen molar-refractivity contribution in [3.8, 4) is 0 Å². The maximum atomic E-state index is 12.5. The van der Waals surface area contributed by atoms with Crippen molar-refractivity contribution in [2.24, 2.45) is 4.99 Å². The van der Waals surface area contributed by atoms with Crippen LogP contribution in [0.1, 0.15) is 81.6 Å². The molecule has 0 heterocycles. The van der Waals surface area contributed by atoms with E-state index in [-0.39, 0.29) is 30.0 Å². The van der Waals surface area contributed by atoms with Crippen LogP contribution in [0.3, 0.4) is 0 Å². The Morgan fingerprint density at radius 3 is 2.05 bits per heavy atom. The van der Waals surface area contributed by atoms with Gasteiger partial charge in [0.2, 0.25) is 11.9 Å². The van der Waals surface area contributed by atoms with Gasteiger partial charge in [0, 0.05) is 18.9 Å². The van der Waals surface area contributed by atoms with Crippen LogP contribution in [0.5, 0.6) is 0 Å². The number of hydrogen-bond acceptors (Lipinski definition) is 7. The molecule has 1 aliphatic carbocycles. The number of alkyl carbamates (subject to hydrolysis) is 1. The van der Waals surface area contributed by atoms with E-state index >= 15 is 0 Å². The topological polar surface area (TPSA) is 165 Å². The Labute approximate surface area is 218 Å². The minimum absolute atomic E-state index is 0.0453. The SMILES string of the molecule is CCC(CC)O[C@@H]1C=C(C(=O)O)C[C@H](NC(=NC(=O)OC(C)(C)C)NC(=O)OC(C)(C)C)[C@H]1NC(C)=O. The van der Waals surface area contributed by atoms with E-state index in [1.54, 1.807) is 41.5 Å². The predicted octanol–water partition coefficient (Wildman–Crippen LogP) is 3.25. The number of carbonyl (C=O) groups excluding carboxylic acids is 3. The molecule has 0 unspecified atom stereocenters. The summed E-state index contributed by atoms with van der Waals surface area (Å²) in [4.78, 5) is 52.8. The second-order valence-electron chi connectivity index (χ2n) is 10.8. The Balaban J connectivity index is 3.43. The molecule has 0 aromatic carbocycles. The molecule has 210 valence electrons. The summed E-state index contributed by atoms with van der Waals surface area (Å²) in [6, 6.07) is -1.57. The highest BCUT2D eigenvalue weighted by atomic mass is 16.6. The summed E-state index contributed by atoms with van der Waals surface area (Å²) < 4.78 is 16.7. The maximum absolute atomic E-state index is 12.5. The third-order valence-electron chi connectivity index (χ3n) is 5.04. The second kappa shape index (κ2) is 13.4. The lowest BCUT2D eigenvalue weighted by Gasteiger charge is -2.38. The number of amides is 3. The van der Waals surface area contributed by atoms with Gasteiger partial charge in [0.05, 0.1) is 24.3 Å². The molecule has 0 saturated heterocycles. The molecule has 3 atom stereocenters. The number of nitrogens with zero attached hydrogens (tertiary/aromatic N) is 1. The average molecular weight is 527 g/mol. The predicted molar refractivity (Wildman–Crippen MR) is 137 cm³/mol. The van der Waals surface area contributed by atoms with Gasteiger partial charge in [0.25, 0.3) is 0 Å². The third kappa shape index (κ3) is 12.1. The van der Waals surface area contributed by atoms with Gasteiger partial charge in [-0.25, -0.2) is 14.4 Å². The van der Waals surface area contributed by atoms with E-state index in [0.29, 0.717) is 12.8 Å². The van der Waals surface area contributed by atoms with Crippen LogP contribution in [0.4, 0.5) is 9.59 Å².